The molecule has 0 unspecified atom stereocenters. The summed E-state index contributed by atoms with van der Waals surface area (Å²) in [6.07, 6.45) is 0. The van der Waals surface area contributed by atoms with Crippen LogP contribution in [0.25, 0.3) is 21.5 Å². The standard InChI is InChI=1S/2C10H9.2C9H12O.2CH3.Si.Zr/c2*1-8-6-9-4-2-3-5-10(9)7-8;2*1-6-4-7(2)9(10)8(3)5-6;;;;/h2*2-7H,1H3;2*4-5,10H,1-3H3;2*1H3;;/q2*-1;;;2*-1;;. The maximum atomic E-state index is 9.33. The van der Waals surface area contributed by atoms with Crippen molar-refractivity contribution in [1.82, 2.24) is 0 Å². The molecule has 2 N–H and O–H groups in total. The van der Waals surface area contributed by atoms with E-state index < -0.39 is 0 Å². The van der Waals surface area contributed by atoms with E-state index in [1.165, 1.54) is 67.1 Å². The van der Waals surface area contributed by atoms with E-state index in [-0.39, 0.29) is 14.9 Å². The summed E-state index contributed by atoms with van der Waals surface area (Å²) in [6.45, 7) is 19.0. The Kier molecular flexibility index (Phi) is 18.5. The summed E-state index contributed by atoms with van der Waals surface area (Å²) in [7, 11) is 0. The summed E-state index contributed by atoms with van der Waals surface area (Å²) >= 11 is 1.36. The molecule has 0 amide bonds. The molecule has 0 spiro atoms. The van der Waals surface area contributed by atoms with Gasteiger partial charge in [-0.1, -0.05) is 61.4 Å². The molecule has 0 heterocycles. The molecule has 0 fully saturated rings. The van der Waals surface area contributed by atoms with E-state index in [9.17, 15) is 10.2 Å². The van der Waals surface area contributed by atoms with Gasteiger partial charge in [0.25, 0.3) is 0 Å². The van der Waals surface area contributed by atoms with Gasteiger partial charge < -0.3 is 25.1 Å². The Morgan fingerprint density at radius 3 is 1.02 bits per heavy atom. The van der Waals surface area contributed by atoms with Crippen LogP contribution in [-0.2, 0) is 23.3 Å². The molecule has 6 aromatic carbocycles. The minimum atomic E-state index is 0. The van der Waals surface area contributed by atoms with Gasteiger partial charge in [-0.2, -0.15) is 12.1 Å². The van der Waals surface area contributed by atoms with Gasteiger partial charge in [-0.15, -0.1) is 81.2 Å². The van der Waals surface area contributed by atoms with Gasteiger partial charge in [-0.25, -0.2) is 0 Å². The SMILES string of the molecule is Cc1cc(C)c(O)c(C)c1.Cc1cc(C)c(O)c(C)c1.Cc1cc2ccccc2[cH-]1.Cc1cc2ccccc2[cH-]1.[CH3-].[CH3-].[Si]=[Zr]. The zero-order valence-electron chi connectivity index (χ0n) is 28.1. The summed E-state index contributed by atoms with van der Waals surface area (Å²) in [4.78, 5) is 0. The van der Waals surface area contributed by atoms with E-state index in [1.54, 1.807) is 0 Å². The summed E-state index contributed by atoms with van der Waals surface area (Å²) in [5.41, 5.74) is 8.92. The monoisotopic (exact) mass is 678 g/mol. The summed E-state index contributed by atoms with van der Waals surface area (Å²) < 4.78 is 0. The van der Waals surface area contributed by atoms with Crippen LogP contribution in [-0.4, -0.2) is 17.1 Å². The first-order valence-electron chi connectivity index (χ1n) is 14.0. The maximum absolute atomic E-state index is 9.33. The Bertz CT molecular complexity index is 1490. The fraction of sp³-hybridized carbons (Fsp3) is 0.200. The van der Waals surface area contributed by atoms with E-state index >= 15 is 0 Å². The van der Waals surface area contributed by atoms with Gasteiger partial charge in [0, 0.05) is 0 Å². The minimum absolute atomic E-state index is 0. The van der Waals surface area contributed by atoms with Crippen LogP contribution >= 0.6 is 0 Å². The molecule has 0 aliphatic heterocycles. The second-order valence-electron chi connectivity index (χ2n) is 10.8. The number of benzene rings is 4. The van der Waals surface area contributed by atoms with Crippen LogP contribution in [0.5, 0.6) is 11.5 Å². The summed E-state index contributed by atoms with van der Waals surface area (Å²) in [5, 5.41) is 24.1. The number of phenols is 2. The number of rotatable bonds is 0. The van der Waals surface area contributed by atoms with Gasteiger partial charge in [-0.05, 0) is 63.8 Å². The third-order valence-corrected chi connectivity index (χ3v) is 6.80. The van der Waals surface area contributed by atoms with Crippen molar-refractivity contribution in [3.05, 3.63) is 156 Å². The molecule has 0 saturated carbocycles. The Balaban J connectivity index is 0.000000541. The molecule has 0 bridgehead atoms. The van der Waals surface area contributed by atoms with Gasteiger partial charge in [0.15, 0.2) is 0 Å². The van der Waals surface area contributed by atoms with E-state index in [2.05, 4.69) is 93.5 Å². The van der Waals surface area contributed by atoms with Crippen LogP contribution in [0.15, 0.2) is 97.1 Å². The molecule has 4 heteroatoms. The van der Waals surface area contributed by atoms with Gasteiger partial charge in [0.05, 0.1) is 0 Å². The van der Waals surface area contributed by atoms with E-state index in [0.717, 1.165) is 22.3 Å². The van der Waals surface area contributed by atoms with E-state index in [4.69, 9.17) is 0 Å². The second-order valence-corrected chi connectivity index (χ2v) is 10.8. The van der Waals surface area contributed by atoms with Crippen LogP contribution in [0.3, 0.4) is 0 Å². The van der Waals surface area contributed by atoms with Crippen molar-refractivity contribution in [2.45, 2.75) is 55.4 Å². The molecule has 0 atom stereocenters. The van der Waals surface area contributed by atoms with Crippen LogP contribution in [0.1, 0.15) is 44.5 Å². The number of hydrogen-bond acceptors (Lipinski definition) is 2. The molecule has 2 radical (unpaired) electrons. The molecule has 44 heavy (non-hydrogen) atoms. The average molecular weight is 680 g/mol. The average Bonchev–Trinajstić information content (AvgIpc) is 3.53. The fourth-order valence-electron chi connectivity index (χ4n) is 4.96. The van der Waals surface area contributed by atoms with E-state index in [1.807, 2.05) is 65.8 Å². The topological polar surface area (TPSA) is 40.5 Å². The fourth-order valence-corrected chi connectivity index (χ4v) is 4.96. The molecule has 6 aromatic rings. The first-order valence-corrected chi connectivity index (χ1v) is 18.2. The Morgan fingerprint density at radius 2 is 0.750 bits per heavy atom. The number of hydrogen-bond donors (Lipinski definition) is 2. The normalized spacial score (nSPS) is 9.34. The van der Waals surface area contributed by atoms with Gasteiger partial charge in [-0.3, -0.25) is 0 Å². The third-order valence-electron chi connectivity index (χ3n) is 6.80. The molecule has 2 nitrogen and oxygen atoms in total. The third kappa shape index (κ3) is 12.4. The van der Waals surface area contributed by atoms with Crippen molar-refractivity contribution in [3.8, 4) is 11.5 Å². The van der Waals surface area contributed by atoms with Crippen molar-refractivity contribution in [2.24, 2.45) is 0 Å². The van der Waals surface area contributed by atoms with Crippen LogP contribution in [0.2, 0.25) is 0 Å². The molecule has 0 saturated heterocycles. The molecule has 6 rings (SSSR count). The molecular weight excluding hydrogens is 632 g/mol. The second kappa shape index (κ2) is 20.0. The first-order chi connectivity index (χ1) is 19.9. The molecule has 0 aliphatic carbocycles. The number of aromatic hydroxyl groups is 2. The van der Waals surface area contributed by atoms with Crippen molar-refractivity contribution in [1.29, 1.82) is 0 Å². The van der Waals surface area contributed by atoms with Crippen LogP contribution in [0, 0.1) is 70.2 Å². The Morgan fingerprint density at radius 1 is 0.477 bits per heavy atom. The molecule has 0 aliphatic rings. The van der Waals surface area contributed by atoms with Crippen molar-refractivity contribution < 1.29 is 33.5 Å². The summed E-state index contributed by atoms with van der Waals surface area (Å²) in [5.74, 6) is 0.844. The number of fused-ring (bicyclic) bond motifs is 2. The van der Waals surface area contributed by atoms with E-state index in [0.29, 0.717) is 11.5 Å². The summed E-state index contributed by atoms with van der Waals surface area (Å²) in [6, 6.07) is 33.6. The first kappa shape index (κ1) is 40.8. The van der Waals surface area contributed by atoms with Crippen LogP contribution in [0.4, 0.5) is 0 Å². The predicted molar refractivity (Wildman–Crippen MR) is 192 cm³/mol. The zero-order chi connectivity index (χ0) is 31.4. The zero-order valence-corrected chi connectivity index (χ0v) is 31.6. The molecule has 232 valence electrons. The van der Waals surface area contributed by atoms with Crippen molar-refractivity contribution in [2.75, 3.05) is 0 Å². The predicted octanol–water partition coefficient (Wildman–Crippen LogP) is 10.9. The quantitative estimate of drug-likeness (QED) is 0.124. The van der Waals surface area contributed by atoms with Gasteiger partial charge in [0.2, 0.25) is 0 Å². The molecular formula is C40H48O2SiZr-4. The van der Waals surface area contributed by atoms with Gasteiger partial charge >= 0.3 is 30.2 Å². The van der Waals surface area contributed by atoms with Crippen LogP contribution < -0.4 is 0 Å². The number of phenolic OH excluding ortho intramolecular Hbond substituents is 2. The number of aryl methyl sites for hydroxylation is 8. The van der Waals surface area contributed by atoms with Crippen molar-refractivity contribution >= 4 is 28.4 Å². The molecule has 0 aromatic heterocycles. The Hall–Kier alpha value is -3.20. The van der Waals surface area contributed by atoms with Crippen molar-refractivity contribution in [3.63, 3.8) is 0 Å². The van der Waals surface area contributed by atoms with Gasteiger partial charge in [0.1, 0.15) is 11.5 Å². The Labute approximate surface area is 283 Å².